The van der Waals surface area contributed by atoms with Gasteiger partial charge in [0, 0.05) is 0 Å². The lowest BCUT2D eigenvalue weighted by molar-refractivity contribution is 0.391. The lowest BCUT2D eigenvalue weighted by Crippen LogP contribution is -1.97. The van der Waals surface area contributed by atoms with E-state index in [0.717, 1.165) is 16.7 Å². The normalized spacial score (nSPS) is 10.3. The molecule has 2 aromatic rings. The fourth-order valence-corrected chi connectivity index (χ4v) is 1.48. The number of hydrogen-bond donors (Lipinski definition) is 0. The predicted octanol–water partition coefficient (Wildman–Crippen LogP) is 1.96. The first kappa shape index (κ1) is 9.71. The van der Waals surface area contributed by atoms with Crippen LogP contribution < -0.4 is 9.47 Å². The van der Waals surface area contributed by atoms with Crippen molar-refractivity contribution in [1.29, 1.82) is 0 Å². The van der Waals surface area contributed by atoms with Crippen LogP contribution in [0.2, 0.25) is 0 Å². The minimum Gasteiger partial charge on any atom is -0.494 e. The molecule has 2 rings (SSSR count). The molecule has 0 saturated heterocycles. The molecule has 0 aliphatic rings. The Morgan fingerprint density at radius 2 is 1.87 bits per heavy atom. The molecule has 0 fully saturated rings. The predicted molar refractivity (Wildman–Crippen MR) is 57.4 cm³/mol. The van der Waals surface area contributed by atoms with Crippen molar-refractivity contribution in [2.24, 2.45) is 0 Å². The van der Waals surface area contributed by atoms with Gasteiger partial charge in [-0.3, -0.25) is 0 Å². The molecule has 0 unspecified atom stereocenters. The topological polar surface area (TPSA) is 44.2 Å². The van der Waals surface area contributed by atoms with E-state index in [1.54, 1.807) is 14.2 Å². The van der Waals surface area contributed by atoms with Gasteiger partial charge in [-0.25, -0.2) is 9.97 Å². The number of nitrogens with zero attached hydrogens (tertiary/aromatic N) is 2. The summed E-state index contributed by atoms with van der Waals surface area (Å²) in [5.74, 6) is 1.24. The van der Waals surface area contributed by atoms with Gasteiger partial charge in [0.2, 0.25) is 5.88 Å². The van der Waals surface area contributed by atoms with Gasteiger partial charge in [-0.05, 0) is 19.1 Å². The molecule has 0 atom stereocenters. The Kier molecular flexibility index (Phi) is 2.41. The van der Waals surface area contributed by atoms with E-state index < -0.39 is 0 Å². The molecule has 0 aliphatic heterocycles. The van der Waals surface area contributed by atoms with Crippen molar-refractivity contribution >= 4 is 11.0 Å². The number of ether oxygens (including phenoxy) is 2. The van der Waals surface area contributed by atoms with Crippen LogP contribution in [-0.4, -0.2) is 24.2 Å². The Morgan fingerprint density at radius 1 is 1.07 bits per heavy atom. The molecule has 0 N–H and O–H groups in total. The van der Waals surface area contributed by atoms with Crippen molar-refractivity contribution in [1.82, 2.24) is 9.97 Å². The van der Waals surface area contributed by atoms with Crippen LogP contribution in [-0.2, 0) is 0 Å². The molecular weight excluding hydrogens is 192 g/mol. The number of rotatable bonds is 2. The summed E-state index contributed by atoms with van der Waals surface area (Å²) in [5.41, 5.74) is 2.31. The molecule has 4 nitrogen and oxygen atoms in total. The Labute approximate surface area is 87.9 Å². The first-order valence-corrected chi connectivity index (χ1v) is 4.61. The van der Waals surface area contributed by atoms with Gasteiger partial charge >= 0.3 is 0 Å². The maximum Gasteiger partial charge on any atom is 0.235 e. The van der Waals surface area contributed by atoms with Crippen LogP contribution in [0.4, 0.5) is 0 Å². The zero-order chi connectivity index (χ0) is 10.8. The number of benzene rings is 1. The third kappa shape index (κ3) is 1.58. The zero-order valence-corrected chi connectivity index (χ0v) is 8.94. The van der Waals surface area contributed by atoms with Crippen LogP contribution in [0.5, 0.6) is 11.6 Å². The Hall–Kier alpha value is -1.84. The molecule has 4 heteroatoms. The van der Waals surface area contributed by atoms with Crippen LogP contribution >= 0.6 is 0 Å². The summed E-state index contributed by atoms with van der Waals surface area (Å²) in [6, 6.07) is 5.64. The summed E-state index contributed by atoms with van der Waals surface area (Å²) in [4.78, 5) is 8.74. The summed E-state index contributed by atoms with van der Waals surface area (Å²) in [6.07, 6.45) is 0. The highest BCUT2D eigenvalue weighted by Gasteiger charge is 2.08. The van der Waals surface area contributed by atoms with Crippen LogP contribution in [0, 0.1) is 6.92 Å². The van der Waals surface area contributed by atoms with E-state index in [0.29, 0.717) is 11.6 Å². The van der Waals surface area contributed by atoms with E-state index >= 15 is 0 Å². The van der Waals surface area contributed by atoms with Crippen LogP contribution in [0.1, 0.15) is 5.69 Å². The van der Waals surface area contributed by atoms with Crippen molar-refractivity contribution in [3.8, 4) is 11.6 Å². The quantitative estimate of drug-likeness (QED) is 0.750. The standard InChI is InChI=1S/C11H12N2O2/c1-7-11(15-3)13-10-8(12-7)5-4-6-9(10)14-2/h4-6H,1-3H3. The number of methoxy groups -OCH3 is 2. The second-order valence-corrected chi connectivity index (χ2v) is 3.15. The molecule has 15 heavy (non-hydrogen) atoms. The second kappa shape index (κ2) is 3.73. The van der Waals surface area contributed by atoms with Gasteiger partial charge in [0.05, 0.1) is 19.7 Å². The van der Waals surface area contributed by atoms with Gasteiger partial charge in [0.1, 0.15) is 17.0 Å². The number of hydrogen-bond acceptors (Lipinski definition) is 4. The monoisotopic (exact) mass is 204 g/mol. The van der Waals surface area contributed by atoms with Gasteiger partial charge in [-0.15, -0.1) is 0 Å². The van der Waals surface area contributed by atoms with Crippen LogP contribution in [0.15, 0.2) is 18.2 Å². The van der Waals surface area contributed by atoms with E-state index in [-0.39, 0.29) is 0 Å². The van der Waals surface area contributed by atoms with E-state index in [1.165, 1.54) is 0 Å². The third-order valence-electron chi connectivity index (χ3n) is 2.20. The first-order valence-electron chi connectivity index (χ1n) is 4.61. The maximum atomic E-state index is 5.21. The highest BCUT2D eigenvalue weighted by molar-refractivity contribution is 5.81. The smallest absolute Gasteiger partial charge is 0.235 e. The molecule has 1 aromatic carbocycles. The molecule has 0 amide bonds. The van der Waals surface area contributed by atoms with E-state index in [9.17, 15) is 0 Å². The fourth-order valence-electron chi connectivity index (χ4n) is 1.48. The van der Waals surface area contributed by atoms with Crippen molar-refractivity contribution < 1.29 is 9.47 Å². The summed E-state index contributed by atoms with van der Waals surface area (Å²) in [6.45, 7) is 1.87. The molecule has 0 aliphatic carbocycles. The lowest BCUT2D eigenvalue weighted by atomic mass is 10.2. The number of aromatic nitrogens is 2. The average Bonchev–Trinajstić information content (AvgIpc) is 2.27. The van der Waals surface area contributed by atoms with Crippen molar-refractivity contribution in [2.45, 2.75) is 6.92 Å². The summed E-state index contributed by atoms with van der Waals surface area (Å²) in [7, 11) is 3.20. The van der Waals surface area contributed by atoms with Crippen molar-refractivity contribution in [3.63, 3.8) is 0 Å². The van der Waals surface area contributed by atoms with Gasteiger partial charge < -0.3 is 9.47 Å². The van der Waals surface area contributed by atoms with E-state index in [4.69, 9.17) is 9.47 Å². The van der Waals surface area contributed by atoms with Gasteiger partial charge in [0.25, 0.3) is 0 Å². The van der Waals surface area contributed by atoms with Gasteiger partial charge in [-0.1, -0.05) is 6.07 Å². The van der Waals surface area contributed by atoms with Crippen LogP contribution in [0.3, 0.4) is 0 Å². The van der Waals surface area contributed by atoms with Gasteiger partial charge in [-0.2, -0.15) is 0 Å². The summed E-state index contributed by atoms with van der Waals surface area (Å²) in [5, 5.41) is 0. The highest BCUT2D eigenvalue weighted by atomic mass is 16.5. The molecule has 0 spiro atoms. The largest absolute Gasteiger partial charge is 0.494 e. The van der Waals surface area contributed by atoms with Crippen molar-refractivity contribution in [3.05, 3.63) is 23.9 Å². The first-order chi connectivity index (χ1) is 7.26. The minimum atomic E-state index is 0.534. The second-order valence-electron chi connectivity index (χ2n) is 3.15. The number of para-hydroxylation sites is 1. The van der Waals surface area contributed by atoms with Crippen molar-refractivity contribution in [2.75, 3.05) is 14.2 Å². The van der Waals surface area contributed by atoms with E-state index in [1.807, 2.05) is 25.1 Å². The molecule has 1 aromatic heterocycles. The SMILES string of the molecule is COc1nc2c(OC)cccc2nc1C. The molecule has 1 heterocycles. The minimum absolute atomic E-state index is 0.534. The Balaban J connectivity index is 2.76. The Morgan fingerprint density at radius 3 is 2.53 bits per heavy atom. The van der Waals surface area contributed by atoms with E-state index in [2.05, 4.69) is 9.97 Å². The number of fused-ring (bicyclic) bond motifs is 1. The molecule has 0 bridgehead atoms. The molecule has 0 radical (unpaired) electrons. The number of aryl methyl sites for hydroxylation is 1. The van der Waals surface area contributed by atoms with Crippen LogP contribution in [0.25, 0.3) is 11.0 Å². The molecule has 0 saturated carbocycles. The fraction of sp³-hybridized carbons (Fsp3) is 0.273. The van der Waals surface area contributed by atoms with Gasteiger partial charge in [0.15, 0.2) is 0 Å². The average molecular weight is 204 g/mol. The molecule has 78 valence electrons. The summed E-state index contributed by atoms with van der Waals surface area (Å²) < 4.78 is 10.3. The third-order valence-corrected chi connectivity index (χ3v) is 2.20. The molecular formula is C11H12N2O2. The zero-order valence-electron chi connectivity index (χ0n) is 8.94. The highest BCUT2D eigenvalue weighted by Crippen LogP contribution is 2.25. The Bertz CT molecular complexity index is 497. The lowest BCUT2D eigenvalue weighted by Gasteiger charge is -2.07. The summed E-state index contributed by atoms with van der Waals surface area (Å²) >= 11 is 0. The maximum absolute atomic E-state index is 5.21.